The van der Waals surface area contributed by atoms with E-state index in [1.54, 1.807) is 0 Å². The lowest BCUT2D eigenvalue weighted by Gasteiger charge is -2.24. The molecule has 0 aromatic heterocycles. The predicted molar refractivity (Wildman–Crippen MR) is 147 cm³/mol. The van der Waals surface area contributed by atoms with Crippen molar-refractivity contribution in [3.8, 4) is 11.1 Å². The fraction of sp³-hybridized carbons (Fsp3) is 0.0625. The van der Waals surface area contributed by atoms with Gasteiger partial charge in [-0.25, -0.2) is 0 Å². The summed E-state index contributed by atoms with van der Waals surface area (Å²) >= 11 is 0. The third-order valence-electron chi connectivity index (χ3n) is 6.23. The molecule has 0 atom stereocenters. The summed E-state index contributed by atoms with van der Waals surface area (Å²) in [5, 5.41) is 6.72. The average molecular weight is 443 g/mol. The average Bonchev–Trinajstić information content (AvgIpc) is 2.89. The highest BCUT2D eigenvalue weighted by molar-refractivity contribution is 7.80. The minimum Gasteiger partial charge on any atom is -0.0841 e. The maximum atomic E-state index is 2.33. The van der Waals surface area contributed by atoms with Gasteiger partial charge in [0.1, 0.15) is 0 Å². The Kier molecular flexibility index (Phi) is 6.20. The maximum Gasteiger partial charge on any atom is -0.00236 e. The van der Waals surface area contributed by atoms with Gasteiger partial charge < -0.3 is 0 Å². The van der Waals surface area contributed by atoms with Gasteiger partial charge in [0.2, 0.25) is 0 Å². The Morgan fingerprint density at radius 3 is 1.85 bits per heavy atom. The molecule has 0 saturated heterocycles. The van der Waals surface area contributed by atoms with E-state index < -0.39 is 7.92 Å². The number of rotatable bonds is 5. The van der Waals surface area contributed by atoms with Gasteiger partial charge in [0.05, 0.1) is 0 Å². The lowest BCUT2D eigenvalue weighted by Crippen LogP contribution is -2.22. The van der Waals surface area contributed by atoms with Gasteiger partial charge in [0.15, 0.2) is 0 Å². The van der Waals surface area contributed by atoms with E-state index in [0.29, 0.717) is 0 Å². The van der Waals surface area contributed by atoms with Crippen molar-refractivity contribution < 1.29 is 0 Å². The van der Waals surface area contributed by atoms with Crippen LogP contribution in [-0.2, 0) is 0 Å². The largest absolute Gasteiger partial charge is 0.0841 e. The standard InChI is InChI=1S/C32H27P/c1-3-24(2)28-23-22-25-14-10-11-19-29(25)32(28)30-20-12-13-21-31(30)33(26-15-6-4-7-16-26)27-17-8-5-9-18-27/h3-23H,1-2H3/b24-3+. The zero-order chi connectivity index (χ0) is 22.6. The number of benzene rings is 5. The van der Waals surface area contributed by atoms with Gasteiger partial charge in [-0.05, 0) is 70.7 Å². The number of hydrogen-bond donors (Lipinski definition) is 0. The van der Waals surface area contributed by atoms with Gasteiger partial charge in [-0.2, -0.15) is 0 Å². The predicted octanol–water partition coefficient (Wildman–Crippen LogP) is 7.69. The second kappa shape index (κ2) is 9.57. The molecule has 0 aliphatic heterocycles. The minimum atomic E-state index is -0.701. The molecule has 160 valence electrons. The SMILES string of the molecule is C/C=C(\C)c1ccc2ccccc2c1-c1ccccc1P(c1ccccc1)c1ccccc1. The lowest BCUT2D eigenvalue weighted by molar-refractivity contribution is 1.55. The number of allylic oxidation sites excluding steroid dienone is 2. The lowest BCUT2D eigenvalue weighted by atomic mass is 9.90. The van der Waals surface area contributed by atoms with Crippen molar-refractivity contribution in [1.29, 1.82) is 0 Å². The van der Waals surface area contributed by atoms with Crippen LogP contribution in [0, 0.1) is 0 Å². The first-order valence-corrected chi connectivity index (χ1v) is 12.8. The van der Waals surface area contributed by atoms with E-state index >= 15 is 0 Å². The second-order valence-corrected chi connectivity index (χ2v) is 10.4. The van der Waals surface area contributed by atoms with Crippen LogP contribution in [0.4, 0.5) is 0 Å². The van der Waals surface area contributed by atoms with Crippen LogP contribution < -0.4 is 15.9 Å². The van der Waals surface area contributed by atoms with Crippen LogP contribution >= 0.6 is 7.92 Å². The van der Waals surface area contributed by atoms with Crippen molar-refractivity contribution in [1.82, 2.24) is 0 Å². The molecule has 0 unspecified atom stereocenters. The molecular formula is C32H27P. The summed E-state index contributed by atoms with van der Waals surface area (Å²) in [6.45, 7) is 4.34. The van der Waals surface area contributed by atoms with Gasteiger partial charge in [0, 0.05) is 0 Å². The van der Waals surface area contributed by atoms with Crippen molar-refractivity contribution in [2.75, 3.05) is 0 Å². The molecule has 0 nitrogen and oxygen atoms in total. The van der Waals surface area contributed by atoms with Crippen LogP contribution in [0.5, 0.6) is 0 Å². The van der Waals surface area contributed by atoms with E-state index in [0.717, 1.165) is 0 Å². The van der Waals surface area contributed by atoms with Crippen molar-refractivity contribution in [2.24, 2.45) is 0 Å². The van der Waals surface area contributed by atoms with E-state index in [4.69, 9.17) is 0 Å². The molecule has 1 heteroatoms. The summed E-state index contributed by atoms with van der Waals surface area (Å²) in [5.74, 6) is 0. The van der Waals surface area contributed by atoms with Crippen molar-refractivity contribution in [3.05, 3.63) is 133 Å². The molecule has 0 radical (unpaired) electrons. The molecule has 0 saturated carbocycles. The van der Waals surface area contributed by atoms with Crippen LogP contribution in [0.15, 0.2) is 127 Å². The van der Waals surface area contributed by atoms with Gasteiger partial charge in [-0.1, -0.05) is 127 Å². The Morgan fingerprint density at radius 1 is 0.606 bits per heavy atom. The highest BCUT2D eigenvalue weighted by Crippen LogP contribution is 2.41. The molecule has 5 rings (SSSR count). The summed E-state index contributed by atoms with van der Waals surface area (Å²) in [6.07, 6.45) is 2.22. The molecular weight excluding hydrogens is 415 g/mol. The van der Waals surface area contributed by atoms with Crippen LogP contribution in [0.2, 0.25) is 0 Å². The molecule has 0 aliphatic rings. The normalized spacial score (nSPS) is 11.8. The summed E-state index contributed by atoms with van der Waals surface area (Å²) in [5.41, 5.74) is 5.26. The molecule has 0 bridgehead atoms. The monoisotopic (exact) mass is 442 g/mol. The number of fused-ring (bicyclic) bond motifs is 1. The van der Waals surface area contributed by atoms with Crippen LogP contribution in [0.3, 0.4) is 0 Å². The fourth-order valence-electron chi connectivity index (χ4n) is 4.51. The van der Waals surface area contributed by atoms with E-state index in [-0.39, 0.29) is 0 Å². The highest BCUT2D eigenvalue weighted by Gasteiger charge is 2.22. The van der Waals surface area contributed by atoms with Crippen LogP contribution in [-0.4, -0.2) is 0 Å². The van der Waals surface area contributed by atoms with Crippen molar-refractivity contribution in [3.63, 3.8) is 0 Å². The topological polar surface area (TPSA) is 0 Å². The first-order chi connectivity index (χ1) is 16.3. The molecule has 0 N–H and O–H groups in total. The molecule has 0 heterocycles. The van der Waals surface area contributed by atoms with Gasteiger partial charge in [0.25, 0.3) is 0 Å². The third-order valence-corrected chi connectivity index (χ3v) is 8.73. The number of hydrogen-bond acceptors (Lipinski definition) is 0. The molecule has 33 heavy (non-hydrogen) atoms. The third kappa shape index (κ3) is 4.15. The summed E-state index contributed by atoms with van der Waals surface area (Å²) < 4.78 is 0. The Hall–Kier alpha value is -3.47. The summed E-state index contributed by atoms with van der Waals surface area (Å²) in [4.78, 5) is 0. The quantitative estimate of drug-likeness (QED) is 0.245. The molecule has 0 aliphatic carbocycles. The Bertz CT molecular complexity index is 1380. The smallest absolute Gasteiger partial charge is 0.00236 e. The summed E-state index contributed by atoms with van der Waals surface area (Å²) in [6, 6.07) is 44.2. The van der Waals surface area contributed by atoms with E-state index in [1.807, 2.05) is 0 Å². The van der Waals surface area contributed by atoms with Crippen LogP contribution in [0.1, 0.15) is 19.4 Å². The van der Waals surface area contributed by atoms with E-state index in [1.165, 1.54) is 48.9 Å². The zero-order valence-electron chi connectivity index (χ0n) is 19.1. The Morgan fingerprint density at radius 2 is 1.18 bits per heavy atom. The van der Waals surface area contributed by atoms with E-state index in [2.05, 4.69) is 141 Å². The molecule has 5 aromatic rings. The molecule has 5 aromatic carbocycles. The Labute approximate surface area is 198 Å². The fourth-order valence-corrected chi connectivity index (χ4v) is 6.96. The van der Waals surface area contributed by atoms with Gasteiger partial charge in [-0.15, -0.1) is 0 Å². The van der Waals surface area contributed by atoms with Gasteiger partial charge in [-0.3, -0.25) is 0 Å². The van der Waals surface area contributed by atoms with Crippen molar-refractivity contribution >= 4 is 40.2 Å². The molecule has 0 spiro atoms. The second-order valence-electron chi connectivity index (χ2n) is 8.20. The van der Waals surface area contributed by atoms with Crippen LogP contribution in [0.25, 0.3) is 27.5 Å². The highest BCUT2D eigenvalue weighted by atomic mass is 31.1. The first kappa shape index (κ1) is 21.4. The maximum absolute atomic E-state index is 2.33. The van der Waals surface area contributed by atoms with Crippen molar-refractivity contribution in [2.45, 2.75) is 13.8 Å². The van der Waals surface area contributed by atoms with E-state index in [9.17, 15) is 0 Å². The first-order valence-electron chi connectivity index (χ1n) is 11.4. The minimum absolute atomic E-state index is 0.701. The molecule has 0 fully saturated rings. The Balaban J connectivity index is 1.85. The summed E-state index contributed by atoms with van der Waals surface area (Å²) in [7, 11) is -0.701. The van der Waals surface area contributed by atoms with Gasteiger partial charge >= 0.3 is 0 Å². The zero-order valence-corrected chi connectivity index (χ0v) is 20.0. The molecule has 0 amide bonds.